The number of rotatable bonds is 6. The Morgan fingerprint density at radius 3 is 2.42 bits per heavy atom. The molecule has 0 bridgehead atoms. The molecule has 0 aliphatic rings. The molecule has 0 spiro atoms. The molecule has 0 atom stereocenters. The zero-order chi connectivity index (χ0) is 17.9. The van der Waals surface area contributed by atoms with Crippen LogP contribution < -0.4 is 0 Å². The fourth-order valence-corrected chi connectivity index (χ4v) is 3.47. The molecule has 1 amide bonds. The number of thioether (sulfide) groups is 1. The number of carbonyl (C=O) groups is 1. The lowest BCUT2D eigenvalue weighted by Gasteiger charge is -2.30. The third-order valence-corrected chi connectivity index (χ3v) is 4.68. The first-order valence-corrected chi connectivity index (χ1v) is 8.89. The minimum atomic E-state index is -0.341. The number of nitrogens with zero attached hydrogens (tertiary/aromatic N) is 4. The maximum Gasteiger partial charge on any atom is 0.233 e. The zero-order valence-electron chi connectivity index (χ0n) is 14.7. The minimum Gasteiger partial charge on any atom is -0.337 e. The van der Waals surface area contributed by atoms with Gasteiger partial charge in [0.1, 0.15) is 5.82 Å². The highest BCUT2D eigenvalue weighted by molar-refractivity contribution is 7.99. The molecule has 0 saturated heterocycles. The van der Waals surface area contributed by atoms with Crippen molar-refractivity contribution in [3.63, 3.8) is 0 Å². The lowest BCUT2D eigenvalue weighted by molar-refractivity contribution is -0.131. The molecule has 24 heavy (non-hydrogen) atoms. The van der Waals surface area contributed by atoms with Crippen molar-refractivity contribution >= 4 is 17.7 Å². The summed E-state index contributed by atoms with van der Waals surface area (Å²) in [5.41, 5.74) is 0.400. The van der Waals surface area contributed by atoms with Crippen molar-refractivity contribution in [2.75, 3.05) is 5.75 Å². The molecule has 0 aliphatic carbocycles. The maximum atomic E-state index is 13.9. The van der Waals surface area contributed by atoms with E-state index in [0.29, 0.717) is 16.5 Å². The molecule has 5 nitrogen and oxygen atoms in total. The summed E-state index contributed by atoms with van der Waals surface area (Å²) in [6, 6.07) is 6.74. The summed E-state index contributed by atoms with van der Waals surface area (Å²) in [6.45, 7) is 8.00. The van der Waals surface area contributed by atoms with Crippen molar-refractivity contribution in [2.24, 2.45) is 7.05 Å². The Hall–Kier alpha value is -1.89. The highest BCUT2D eigenvalue weighted by Crippen LogP contribution is 2.25. The fourth-order valence-electron chi connectivity index (χ4n) is 2.69. The van der Waals surface area contributed by atoms with Gasteiger partial charge in [-0.3, -0.25) is 4.79 Å². The van der Waals surface area contributed by atoms with Crippen molar-refractivity contribution < 1.29 is 9.18 Å². The first-order valence-electron chi connectivity index (χ1n) is 7.91. The van der Waals surface area contributed by atoms with Crippen LogP contribution >= 0.6 is 11.8 Å². The van der Waals surface area contributed by atoms with Gasteiger partial charge in [-0.2, -0.15) is 0 Å². The monoisotopic (exact) mass is 350 g/mol. The van der Waals surface area contributed by atoms with Crippen LogP contribution in [0.4, 0.5) is 4.39 Å². The normalized spacial score (nSPS) is 11.3. The Kier molecular flexibility index (Phi) is 5.99. The predicted octanol–water partition coefficient (Wildman–Crippen LogP) is 3.36. The molecular formula is C17H23FN4OS. The molecule has 0 fully saturated rings. The van der Waals surface area contributed by atoms with Gasteiger partial charge in [-0.05, 0) is 39.8 Å². The van der Waals surface area contributed by atoms with Crippen LogP contribution in [-0.4, -0.2) is 43.4 Å². The second kappa shape index (κ2) is 7.79. The summed E-state index contributed by atoms with van der Waals surface area (Å²) in [7, 11) is 1.78. The predicted molar refractivity (Wildman–Crippen MR) is 94.2 cm³/mol. The molecule has 0 N–H and O–H groups in total. The Morgan fingerprint density at radius 1 is 1.21 bits per heavy atom. The van der Waals surface area contributed by atoms with E-state index in [0.717, 1.165) is 0 Å². The number of halogens is 1. The third-order valence-electron chi connectivity index (χ3n) is 3.68. The number of aromatic nitrogens is 3. The first-order chi connectivity index (χ1) is 11.3. The van der Waals surface area contributed by atoms with E-state index >= 15 is 0 Å². The van der Waals surface area contributed by atoms with Gasteiger partial charge < -0.3 is 9.47 Å². The molecule has 2 rings (SSSR count). The number of benzene rings is 1. The fraction of sp³-hybridized carbons (Fsp3) is 0.471. The second-order valence-corrected chi connectivity index (χ2v) is 7.06. The second-order valence-electron chi connectivity index (χ2n) is 6.12. The number of hydrogen-bond donors (Lipinski definition) is 0. The van der Waals surface area contributed by atoms with Crippen LogP contribution in [0.3, 0.4) is 0 Å². The van der Waals surface area contributed by atoms with Gasteiger partial charge in [0.05, 0.1) is 11.3 Å². The molecule has 130 valence electrons. The SMILES string of the molecule is CC(C)N(C(=O)CSc1nnc(-c2ccccc2F)n1C)C(C)C. The molecule has 2 aromatic rings. The topological polar surface area (TPSA) is 51.0 Å². The summed E-state index contributed by atoms with van der Waals surface area (Å²) >= 11 is 1.32. The highest BCUT2D eigenvalue weighted by Gasteiger charge is 2.21. The molecule has 7 heteroatoms. The van der Waals surface area contributed by atoms with E-state index in [4.69, 9.17) is 0 Å². The van der Waals surface area contributed by atoms with E-state index in [2.05, 4.69) is 10.2 Å². The average Bonchev–Trinajstić information content (AvgIpc) is 2.86. The number of hydrogen-bond acceptors (Lipinski definition) is 4. The first kappa shape index (κ1) is 18.4. The molecule has 0 aliphatic heterocycles. The molecule has 0 radical (unpaired) electrons. The van der Waals surface area contributed by atoms with Crippen LogP contribution in [0.25, 0.3) is 11.4 Å². The van der Waals surface area contributed by atoms with E-state index in [-0.39, 0.29) is 29.6 Å². The van der Waals surface area contributed by atoms with Crippen LogP contribution in [0.5, 0.6) is 0 Å². The summed E-state index contributed by atoms with van der Waals surface area (Å²) in [6.07, 6.45) is 0. The standard InChI is InChI=1S/C17H23FN4OS/c1-11(2)22(12(3)4)15(23)10-24-17-20-19-16(21(17)5)13-8-6-7-9-14(13)18/h6-9,11-12H,10H2,1-5H3. The van der Waals surface area contributed by atoms with Gasteiger partial charge in [0.25, 0.3) is 0 Å². The summed E-state index contributed by atoms with van der Waals surface area (Å²) < 4.78 is 15.6. The maximum absolute atomic E-state index is 13.9. The average molecular weight is 350 g/mol. The van der Waals surface area contributed by atoms with Crippen LogP contribution in [0.1, 0.15) is 27.7 Å². The van der Waals surface area contributed by atoms with Gasteiger partial charge in [-0.1, -0.05) is 23.9 Å². The van der Waals surface area contributed by atoms with Gasteiger partial charge in [-0.15, -0.1) is 10.2 Å². The van der Waals surface area contributed by atoms with Crippen molar-refractivity contribution in [3.05, 3.63) is 30.1 Å². The van der Waals surface area contributed by atoms with Crippen LogP contribution in [-0.2, 0) is 11.8 Å². The Morgan fingerprint density at radius 2 is 1.83 bits per heavy atom. The van der Waals surface area contributed by atoms with Crippen molar-refractivity contribution in [1.29, 1.82) is 0 Å². The molecule has 1 heterocycles. The van der Waals surface area contributed by atoms with Gasteiger partial charge >= 0.3 is 0 Å². The highest BCUT2D eigenvalue weighted by atomic mass is 32.2. The Bertz CT molecular complexity index is 706. The van der Waals surface area contributed by atoms with Crippen molar-refractivity contribution in [2.45, 2.75) is 44.9 Å². The Balaban J connectivity index is 2.13. The number of carbonyl (C=O) groups excluding carboxylic acids is 1. The molecular weight excluding hydrogens is 327 g/mol. The van der Waals surface area contributed by atoms with Crippen LogP contribution in [0, 0.1) is 5.82 Å². The minimum absolute atomic E-state index is 0.0560. The van der Waals surface area contributed by atoms with Crippen molar-refractivity contribution in [1.82, 2.24) is 19.7 Å². The molecule has 1 aromatic carbocycles. The summed E-state index contributed by atoms with van der Waals surface area (Å²) in [5, 5.41) is 8.75. The van der Waals surface area contributed by atoms with E-state index < -0.39 is 0 Å². The van der Waals surface area contributed by atoms with E-state index in [1.54, 1.807) is 29.8 Å². The lowest BCUT2D eigenvalue weighted by Crippen LogP contribution is -2.43. The van der Waals surface area contributed by atoms with Gasteiger partial charge in [0.15, 0.2) is 11.0 Å². The Labute approximate surface area is 146 Å². The van der Waals surface area contributed by atoms with E-state index in [1.165, 1.54) is 17.8 Å². The number of amides is 1. The zero-order valence-corrected chi connectivity index (χ0v) is 15.5. The molecule has 0 saturated carbocycles. The third kappa shape index (κ3) is 3.95. The van der Waals surface area contributed by atoms with Crippen molar-refractivity contribution in [3.8, 4) is 11.4 Å². The van der Waals surface area contributed by atoms with E-state index in [1.807, 2.05) is 32.6 Å². The van der Waals surface area contributed by atoms with Gasteiger partial charge in [0.2, 0.25) is 5.91 Å². The van der Waals surface area contributed by atoms with Gasteiger partial charge in [-0.25, -0.2) is 4.39 Å². The molecule has 1 aromatic heterocycles. The smallest absolute Gasteiger partial charge is 0.233 e. The largest absolute Gasteiger partial charge is 0.337 e. The quantitative estimate of drug-likeness (QED) is 0.750. The van der Waals surface area contributed by atoms with Crippen LogP contribution in [0.2, 0.25) is 0 Å². The summed E-state index contributed by atoms with van der Waals surface area (Å²) in [5.74, 6) is 0.444. The molecule has 0 unspecified atom stereocenters. The van der Waals surface area contributed by atoms with E-state index in [9.17, 15) is 9.18 Å². The van der Waals surface area contributed by atoms with Crippen LogP contribution in [0.15, 0.2) is 29.4 Å². The lowest BCUT2D eigenvalue weighted by atomic mass is 10.2. The summed E-state index contributed by atoms with van der Waals surface area (Å²) in [4.78, 5) is 14.3. The van der Waals surface area contributed by atoms with Gasteiger partial charge in [0, 0.05) is 19.1 Å².